The predicted molar refractivity (Wildman–Crippen MR) is 120 cm³/mol. The Bertz CT molecular complexity index is 1320. The van der Waals surface area contributed by atoms with Crippen molar-refractivity contribution in [3.8, 4) is 17.7 Å². The van der Waals surface area contributed by atoms with Crippen LogP contribution in [0.2, 0.25) is 5.02 Å². The van der Waals surface area contributed by atoms with E-state index < -0.39 is 28.5 Å². The lowest BCUT2D eigenvalue weighted by Crippen LogP contribution is -2.26. The SMILES string of the molecule is CNC(=O)c1cc(Oc2ccc(N=C(NC#N)Nc3ccc(Cl)c(C(F)(F)F)c3)c(F)c2)ccn1. The number of hydrogen-bond donors (Lipinski definition) is 3. The molecule has 0 atom stereocenters. The maximum absolute atomic E-state index is 14.7. The van der Waals surface area contributed by atoms with E-state index in [1.807, 2.05) is 0 Å². The average molecular weight is 507 g/mol. The summed E-state index contributed by atoms with van der Waals surface area (Å²) in [5.41, 5.74) is -1.33. The van der Waals surface area contributed by atoms with Crippen molar-refractivity contribution in [3.05, 3.63) is 76.8 Å². The van der Waals surface area contributed by atoms with E-state index in [1.165, 1.54) is 43.6 Å². The number of aromatic nitrogens is 1. The van der Waals surface area contributed by atoms with Crippen molar-refractivity contribution in [1.82, 2.24) is 15.6 Å². The lowest BCUT2D eigenvalue weighted by molar-refractivity contribution is -0.137. The van der Waals surface area contributed by atoms with E-state index in [1.54, 1.807) is 6.19 Å². The van der Waals surface area contributed by atoms with Crippen LogP contribution < -0.4 is 20.7 Å². The van der Waals surface area contributed by atoms with Crippen LogP contribution in [0.1, 0.15) is 16.1 Å². The van der Waals surface area contributed by atoms with Gasteiger partial charge < -0.3 is 15.4 Å². The molecule has 1 heterocycles. The van der Waals surface area contributed by atoms with Gasteiger partial charge in [0.1, 0.15) is 22.9 Å². The monoisotopic (exact) mass is 506 g/mol. The number of alkyl halides is 3. The fourth-order valence-electron chi connectivity index (χ4n) is 2.72. The van der Waals surface area contributed by atoms with Crippen molar-refractivity contribution in [2.45, 2.75) is 6.18 Å². The lowest BCUT2D eigenvalue weighted by Gasteiger charge is -2.13. The van der Waals surface area contributed by atoms with Gasteiger partial charge in [-0.25, -0.2) is 9.38 Å². The highest BCUT2D eigenvalue weighted by atomic mass is 35.5. The zero-order valence-corrected chi connectivity index (χ0v) is 18.5. The number of hydrogen-bond acceptors (Lipinski definition) is 5. The highest BCUT2D eigenvalue weighted by molar-refractivity contribution is 6.31. The standard InChI is InChI=1S/C22H15ClF4N6O2/c1-29-20(34)19-10-14(6-7-30-19)35-13-3-5-18(17(24)9-13)33-21(31-11-28)32-12-2-4-16(23)15(8-12)22(25,26)27/h2-10H,1H3,(H,29,34)(H2,31,32,33). The van der Waals surface area contributed by atoms with Crippen LogP contribution in [0.15, 0.2) is 59.7 Å². The topological polar surface area (TPSA) is 111 Å². The minimum atomic E-state index is -4.70. The van der Waals surface area contributed by atoms with Gasteiger partial charge in [0.2, 0.25) is 5.96 Å². The number of carbonyl (C=O) groups is 1. The molecule has 3 N–H and O–H groups in total. The van der Waals surface area contributed by atoms with E-state index in [2.05, 4.69) is 25.9 Å². The summed E-state index contributed by atoms with van der Waals surface area (Å²) in [6.07, 6.45) is -1.78. The van der Waals surface area contributed by atoms with Gasteiger partial charge in [-0.05, 0) is 36.4 Å². The van der Waals surface area contributed by atoms with Crippen LogP contribution in [-0.2, 0) is 6.18 Å². The molecule has 0 aliphatic heterocycles. The maximum Gasteiger partial charge on any atom is 0.417 e. The number of amides is 1. The van der Waals surface area contributed by atoms with Crippen molar-refractivity contribution in [1.29, 1.82) is 5.26 Å². The quantitative estimate of drug-likeness (QED) is 0.144. The molecule has 1 amide bonds. The molecule has 0 fully saturated rings. The van der Waals surface area contributed by atoms with Gasteiger partial charge >= 0.3 is 6.18 Å². The molecule has 0 unspecified atom stereocenters. The number of carbonyl (C=O) groups excluding carboxylic acids is 1. The molecule has 0 aliphatic rings. The minimum Gasteiger partial charge on any atom is -0.457 e. The van der Waals surface area contributed by atoms with Gasteiger partial charge in [0.15, 0.2) is 12.0 Å². The van der Waals surface area contributed by atoms with Gasteiger partial charge in [-0.2, -0.15) is 18.4 Å². The fourth-order valence-corrected chi connectivity index (χ4v) is 2.95. The molecular formula is C22H15ClF4N6O2. The summed E-state index contributed by atoms with van der Waals surface area (Å²) in [4.78, 5) is 19.5. The second-order valence-electron chi connectivity index (χ2n) is 6.69. The van der Waals surface area contributed by atoms with E-state index in [4.69, 9.17) is 21.6 Å². The van der Waals surface area contributed by atoms with E-state index in [-0.39, 0.29) is 34.5 Å². The molecule has 13 heteroatoms. The minimum absolute atomic E-state index is 0.0748. The normalized spacial score (nSPS) is 11.4. The van der Waals surface area contributed by atoms with Crippen molar-refractivity contribution in [2.75, 3.05) is 12.4 Å². The Morgan fingerprint density at radius 3 is 2.54 bits per heavy atom. The molecule has 8 nitrogen and oxygen atoms in total. The van der Waals surface area contributed by atoms with Crippen LogP contribution in [0, 0.1) is 17.3 Å². The first-order valence-corrected chi connectivity index (χ1v) is 10.0. The van der Waals surface area contributed by atoms with E-state index in [0.29, 0.717) is 0 Å². The number of halogens is 5. The Morgan fingerprint density at radius 2 is 1.89 bits per heavy atom. The second kappa shape index (κ2) is 10.7. The number of pyridine rings is 1. The van der Waals surface area contributed by atoms with Gasteiger partial charge in [-0.15, -0.1) is 0 Å². The summed E-state index contributed by atoms with van der Waals surface area (Å²) in [7, 11) is 1.44. The third-order valence-electron chi connectivity index (χ3n) is 4.29. The van der Waals surface area contributed by atoms with Gasteiger partial charge in [0.05, 0.1) is 10.6 Å². The third-order valence-corrected chi connectivity index (χ3v) is 4.62. The number of nitriles is 1. The van der Waals surface area contributed by atoms with Crippen LogP contribution in [0.5, 0.6) is 11.5 Å². The second-order valence-corrected chi connectivity index (χ2v) is 7.09. The summed E-state index contributed by atoms with van der Waals surface area (Å²) >= 11 is 5.60. The van der Waals surface area contributed by atoms with Crippen molar-refractivity contribution < 1.29 is 27.1 Å². The largest absolute Gasteiger partial charge is 0.457 e. The Labute approximate surface area is 201 Å². The number of ether oxygens (including phenoxy) is 1. The summed E-state index contributed by atoms with van der Waals surface area (Å²) in [5.74, 6) is -1.31. The van der Waals surface area contributed by atoms with Crippen LogP contribution in [0.3, 0.4) is 0 Å². The Hall–Kier alpha value is -4.37. The number of aliphatic imine (C=N–C) groups is 1. The Morgan fingerprint density at radius 1 is 1.14 bits per heavy atom. The molecule has 0 bridgehead atoms. The summed E-state index contributed by atoms with van der Waals surface area (Å²) in [6.45, 7) is 0. The molecular weight excluding hydrogens is 492 g/mol. The molecule has 180 valence electrons. The molecule has 0 radical (unpaired) electrons. The Kier molecular flexibility index (Phi) is 7.73. The van der Waals surface area contributed by atoms with Crippen molar-refractivity contribution in [2.24, 2.45) is 4.99 Å². The average Bonchev–Trinajstić information content (AvgIpc) is 2.81. The number of guanidine groups is 1. The molecule has 2 aromatic carbocycles. The fraction of sp³-hybridized carbons (Fsp3) is 0.0909. The first kappa shape index (κ1) is 25.3. The third kappa shape index (κ3) is 6.58. The summed E-state index contributed by atoms with van der Waals surface area (Å²) < 4.78 is 59.5. The van der Waals surface area contributed by atoms with Crippen molar-refractivity contribution in [3.63, 3.8) is 0 Å². The molecule has 0 saturated carbocycles. The lowest BCUT2D eigenvalue weighted by atomic mass is 10.2. The number of nitrogens with one attached hydrogen (secondary N) is 3. The molecule has 3 rings (SSSR count). The first-order valence-electron chi connectivity index (χ1n) is 9.64. The van der Waals surface area contributed by atoms with Crippen LogP contribution in [-0.4, -0.2) is 23.9 Å². The van der Waals surface area contributed by atoms with Crippen LogP contribution >= 0.6 is 11.6 Å². The maximum atomic E-state index is 14.7. The molecule has 0 saturated heterocycles. The smallest absolute Gasteiger partial charge is 0.417 e. The number of nitrogens with zero attached hydrogens (tertiary/aromatic N) is 3. The van der Waals surface area contributed by atoms with Crippen molar-refractivity contribution >= 4 is 34.8 Å². The number of rotatable bonds is 5. The highest BCUT2D eigenvalue weighted by Gasteiger charge is 2.33. The Balaban J connectivity index is 1.83. The molecule has 0 spiro atoms. The van der Waals surface area contributed by atoms with E-state index >= 15 is 0 Å². The van der Waals surface area contributed by atoms with Gasteiger partial charge in [-0.3, -0.25) is 15.1 Å². The van der Waals surface area contributed by atoms with E-state index in [0.717, 1.165) is 18.2 Å². The van der Waals surface area contributed by atoms with Gasteiger partial charge in [0, 0.05) is 31.1 Å². The van der Waals surface area contributed by atoms with Gasteiger partial charge in [-0.1, -0.05) is 11.6 Å². The molecule has 1 aromatic heterocycles. The molecule has 3 aromatic rings. The van der Waals surface area contributed by atoms with Crippen LogP contribution in [0.4, 0.5) is 28.9 Å². The summed E-state index contributed by atoms with van der Waals surface area (Å²) in [5, 5.41) is 15.5. The predicted octanol–water partition coefficient (Wildman–Crippen LogP) is 5.22. The summed E-state index contributed by atoms with van der Waals surface area (Å²) in [6, 6.07) is 9.43. The van der Waals surface area contributed by atoms with Crippen LogP contribution in [0.25, 0.3) is 0 Å². The number of benzene rings is 2. The van der Waals surface area contributed by atoms with Gasteiger partial charge in [0.25, 0.3) is 5.91 Å². The highest BCUT2D eigenvalue weighted by Crippen LogP contribution is 2.36. The van der Waals surface area contributed by atoms with E-state index in [9.17, 15) is 22.4 Å². The zero-order valence-electron chi connectivity index (χ0n) is 17.7. The number of anilines is 1. The molecule has 0 aliphatic carbocycles. The molecule has 35 heavy (non-hydrogen) atoms. The first-order chi connectivity index (χ1) is 16.6. The zero-order chi connectivity index (χ0) is 25.6.